The van der Waals surface area contributed by atoms with Crippen molar-refractivity contribution >= 4 is 41.0 Å². The third-order valence-corrected chi connectivity index (χ3v) is 2.68. The highest BCUT2D eigenvalue weighted by molar-refractivity contribution is 14.1. The first-order chi connectivity index (χ1) is 6.16. The van der Waals surface area contributed by atoms with Crippen LogP contribution >= 0.6 is 35.0 Å². The average Bonchev–Trinajstić information content (AvgIpc) is 2.16. The number of benzene rings is 1. The van der Waals surface area contributed by atoms with Crippen LogP contribution in [0.4, 0.5) is 0 Å². The van der Waals surface area contributed by atoms with Gasteiger partial charge in [-0.2, -0.15) is 0 Å². The minimum absolute atomic E-state index is 0. The van der Waals surface area contributed by atoms with Gasteiger partial charge in [-0.05, 0) is 34.2 Å². The molecule has 0 bridgehead atoms. The van der Waals surface area contributed by atoms with E-state index in [1.165, 1.54) is 7.11 Å². The first-order valence-corrected chi connectivity index (χ1v) is 4.82. The molecule has 0 aliphatic carbocycles. The maximum absolute atomic E-state index is 11.1. The molecule has 0 radical (unpaired) electrons. The van der Waals surface area contributed by atoms with Crippen molar-refractivity contribution in [1.29, 1.82) is 0 Å². The van der Waals surface area contributed by atoms with Crippen molar-refractivity contribution in [2.24, 2.45) is 5.73 Å². The van der Waals surface area contributed by atoms with E-state index in [0.29, 0.717) is 0 Å². The number of methoxy groups -OCH3 is 1. The maximum Gasteiger partial charge on any atom is 0.327 e. The summed E-state index contributed by atoms with van der Waals surface area (Å²) in [5.74, 6) is -0.413. The highest BCUT2D eigenvalue weighted by Gasteiger charge is 2.17. The lowest BCUT2D eigenvalue weighted by Crippen LogP contribution is -2.23. The largest absolute Gasteiger partial charge is 0.468 e. The molecule has 1 rings (SSSR count). The summed E-state index contributed by atoms with van der Waals surface area (Å²) in [4.78, 5) is 11.1. The van der Waals surface area contributed by atoms with Crippen LogP contribution in [0.15, 0.2) is 24.3 Å². The van der Waals surface area contributed by atoms with Crippen molar-refractivity contribution in [3.8, 4) is 0 Å². The third-order valence-electron chi connectivity index (χ3n) is 1.70. The van der Waals surface area contributed by atoms with E-state index in [4.69, 9.17) is 5.73 Å². The summed E-state index contributed by atoms with van der Waals surface area (Å²) in [6, 6.07) is 6.79. The molecule has 1 atom stereocenters. The summed E-state index contributed by atoms with van der Waals surface area (Å²) in [6.45, 7) is 0. The van der Waals surface area contributed by atoms with Crippen molar-refractivity contribution in [2.45, 2.75) is 6.04 Å². The minimum Gasteiger partial charge on any atom is -0.468 e. The van der Waals surface area contributed by atoms with Gasteiger partial charge in [-0.25, -0.2) is 0 Å². The van der Waals surface area contributed by atoms with Gasteiger partial charge in [0.15, 0.2) is 0 Å². The normalized spacial score (nSPS) is 11.4. The van der Waals surface area contributed by atoms with Crippen LogP contribution in [0.2, 0.25) is 0 Å². The summed E-state index contributed by atoms with van der Waals surface area (Å²) in [5.41, 5.74) is 6.47. The first-order valence-electron chi connectivity index (χ1n) is 3.74. The van der Waals surface area contributed by atoms with Crippen molar-refractivity contribution < 1.29 is 9.53 Å². The van der Waals surface area contributed by atoms with Crippen LogP contribution in [0.3, 0.4) is 0 Å². The lowest BCUT2D eigenvalue weighted by Gasteiger charge is -2.10. The molecular formula is C9H11ClINO2. The van der Waals surface area contributed by atoms with Gasteiger partial charge >= 0.3 is 5.97 Å². The predicted octanol–water partition coefficient (Wildman–Crippen LogP) is 1.89. The SMILES string of the molecule is COC(=O)[C@H](N)c1ccccc1I.Cl. The zero-order chi connectivity index (χ0) is 9.84. The molecule has 0 spiro atoms. The van der Waals surface area contributed by atoms with E-state index < -0.39 is 12.0 Å². The molecule has 1 aromatic carbocycles. The molecule has 0 aromatic heterocycles. The fourth-order valence-electron chi connectivity index (χ4n) is 0.981. The molecule has 0 aliphatic heterocycles. The maximum atomic E-state index is 11.1. The lowest BCUT2D eigenvalue weighted by atomic mass is 10.1. The molecule has 1 aromatic rings. The molecule has 78 valence electrons. The van der Waals surface area contributed by atoms with Crippen LogP contribution in [-0.2, 0) is 9.53 Å². The standard InChI is InChI=1S/C9H10INO2.ClH/c1-13-9(12)8(11)6-4-2-3-5-7(6)10;/h2-5,8H,11H2,1H3;1H/t8-;/m1./s1. The van der Waals surface area contributed by atoms with E-state index in [2.05, 4.69) is 27.3 Å². The lowest BCUT2D eigenvalue weighted by molar-refractivity contribution is -0.142. The number of hydrogen-bond acceptors (Lipinski definition) is 3. The van der Waals surface area contributed by atoms with Gasteiger partial charge in [0.2, 0.25) is 0 Å². The second kappa shape index (κ2) is 6.21. The Morgan fingerprint density at radius 1 is 1.50 bits per heavy atom. The molecule has 0 unspecified atom stereocenters. The Morgan fingerprint density at radius 3 is 2.57 bits per heavy atom. The van der Waals surface area contributed by atoms with Crippen LogP contribution in [0.1, 0.15) is 11.6 Å². The average molecular weight is 328 g/mol. The molecule has 5 heteroatoms. The van der Waals surface area contributed by atoms with Gasteiger partial charge in [0.05, 0.1) is 7.11 Å². The summed E-state index contributed by atoms with van der Waals surface area (Å²) in [7, 11) is 1.33. The van der Waals surface area contributed by atoms with E-state index in [9.17, 15) is 4.79 Å². The van der Waals surface area contributed by atoms with Crippen LogP contribution in [-0.4, -0.2) is 13.1 Å². The zero-order valence-electron chi connectivity index (χ0n) is 7.57. The topological polar surface area (TPSA) is 52.3 Å². The monoisotopic (exact) mass is 327 g/mol. The van der Waals surface area contributed by atoms with Crippen molar-refractivity contribution in [1.82, 2.24) is 0 Å². The Bertz CT molecular complexity index is 319. The molecule has 0 amide bonds. The second-order valence-electron chi connectivity index (χ2n) is 2.52. The van der Waals surface area contributed by atoms with Gasteiger partial charge in [-0.15, -0.1) is 12.4 Å². The number of nitrogens with two attached hydrogens (primary N) is 1. The van der Waals surface area contributed by atoms with Gasteiger partial charge in [-0.1, -0.05) is 18.2 Å². The highest BCUT2D eigenvalue weighted by atomic mass is 127. The molecule has 0 fully saturated rings. The fourth-order valence-corrected chi connectivity index (χ4v) is 1.70. The second-order valence-corrected chi connectivity index (χ2v) is 3.68. The molecule has 14 heavy (non-hydrogen) atoms. The van der Waals surface area contributed by atoms with Crippen molar-refractivity contribution in [3.63, 3.8) is 0 Å². The fraction of sp³-hybridized carbons (Fsp3) is 0.222. The number of halogens is 2. The minimum atomic E-state index is -0.682. The van der Waals surface area contributed by atoms with Crippen molar-refractivity contribution in [2.75, 3.05) is 7.11 Å². The number of esters is 1. The number of carbonyl (C=O) groups is 1. The van der Waals surface area contributed by atoms with Gasteiger partial charge in [0.1, 0.15) is 6.04 Å². The molecule has 0 aliphatic rings. The van der Waals surface area contributed by atoms with Crippen LogP contribution in [0.25, 0.3) is 0 Å². The van der Waals surface area contributed by atoms with Crippen LogP contribution < -0.4 is 5.73 Å². The zero-order valence-corrected chi connectivity index (χ0v) is 10.5. The van der Waals surface area contributed by atoms with E-state index in [0.717, 1.165) is 9.13 Å². The Kier molecular flexibility index (Phi) is 6.06. The molecule has 2 N–H and O–H groups in total. The van der Waals surface area contributed by atoms with Crippen LogP contribution in [0, 0.1) is 3.57 Å². The predicted molar refractivity (Wildman–Crippen MR) is 65.4 cm³/mol. The molecule has 0 saturated heterocycles. The Hall–Kier alpha value is -0.330. The number of rotatable bonds is 2. The van der Waals surface area contributed by atoms with Gasteiger partial charge in [-0.3, -0.25) is 4.79 Å². The van der Waals surface area contributed by atoms with E-state index >= 15 is 0 Å². The van der Waals surface area contributed by atoms with Gasteiger partial charge in [0, 0.05) is 3.57 Å². The highest BCUT2D eigenvalue weighted by Crippen LogP contribution is 2.18. The Labute approximate surface area is 103 Å². The van der Waals surface area contributed by atoms with E-state index in [-0.39, 0.29) is 12.4 Å². The Morgan fingerprint density at radius 2 is 2.07 bits per heavy atom. The molecule has 3 nitrogen and oxygen atoms in total. The Balaban J connectivity index is 0.00000169. The summed E-state index contributed by atoms with van der Waals surface area (Å²) in [6.07, 6.45) is 0. The smallest absolute Gasteiger partial charge is 0.327 e. The van der Waals surface area contributed by atoms with Crippen LogP contribution in [0.5, 0.6) is 0 Å². The first kappa shape index (κ1) is 13.7. The van der Waals surface area contributed by atoms with E-state index in [1.807, 2.05) is 24.3 Å². The van der Waals surface area contributed by atoms with Crippen molar-refractivity contribution in [3.05, 3.63) is 33.4 Å². The molecular weight excluding hydrogens is 316 g/mol. The summed E-state index contributed by atoms with van der Waals surface area (Å²) < 4.78 is 5.52. The third kappa shape index (κ3) is 3.11. The molecule has 0 heterocycles. The number of ether oxygens (including phenoxy) is 1. The van der Waals surface area contributed by atoms with E-state index in [1.54, 1.807) is 0 Å². The quantitative estimate of drug-likeness (QED) is 0.666. The summed E-state index contributed by atoms with van der Waals surface area (Å²) >= 11 is 2.14. The number of hydrogen-bond donors (Lipinski definition) is 1. The number of carbonyl (C=O) groups excluding carboxylic acids is 1. The van der Waals surface area contributed by atoms with Gasteiger partial charge < -0.3 is 10.5 Å². The molecule has 0 saturated carbocycles. The van der Waals surface area contributed by atoms with Gasteiger partial charge in [0.25, 0.3) is 0 Å². The summed E-state index contributed by atoms with van der Waals surface area (Å²) in [5, 5.41) is 0.